The molecule has 0 bridgehead atoms. The first-order valence-corrected chi connectivity index (χ1v) is 8.66. The molecule has 4 nitrogen and oxygen atoms in total. The number of nitrogens with zero attached hydrogens (tertiary/aromatic N) is 1. The van der Waals surface area contributed by atoms with Crippen LogP contribution in [-0.4, -0.2) is 38.4 Å². The number of sulfonamides is 1. The fourth-order valence-electron chi connectivity index (χ4n) is 2.77. The SMILES string of the molecule is CNC(C)C1CCCCN1S(=O)(=O)c1ccc(C)cc1. The van der Waals surface area contributed by atoms with E-state index in [1.54, 1.807) is 16.4 Å². The molecule has 112 valence electrons. The molecule has 0 amide bonds. The molecule has 1 aliphatic rings. The van der Waals surface area contributed by atoms with Gasteiger partial charge in [-0.3, -0.25) is 0 Å². The molecule has 1 fully saturated rings. The lowest BCUT2D eigenvalue weighted by Crippen LogP contribution is -2.52. The van der Waals surface area contributed by atoms with E-state index in [1.165, 1.54) is 0 Å². The predicted molar refractivity (Wildman–Crippen MR) is 81.2 cm³/mol. The Morgan fingerprint density at radius 1 is 1.25 bits per heavy atom. The molecule has 1 aromatic carbocycles. The molecule has 1 heterocycles. The molecule has 1 aliphatic heterocycles. The van der Waals surface area contributed by atoms with Crippen molar-refractivity contribution in [3.05, 3.63) is 29.8 Å². The second-order valence-corrected chi connectivity index (χ2v) is 7.46. The van der Waals surface area contributed by atoms with E-state index in [9.17, 15) is 8.42 Å². The average Bonchev–Trinajstić information content (AvgIpc) is 2.47. The van der Waals surface area contributed by atoms with Crippen molar-refractivity contribution in [2.45, 2.75) is 50.1 Å². The van der Waals surface area contributed by atoms with E-state index in [0.717, 1.165) is 24.8 Å². The van der Waals surface area contributed by atoms with Gasteiger partial charge in [0.15, 0.2) is 0 Å². The molecular formula is C15H24N2O2S. The summed E-state index contributed by atoms with van der Waals surface area (Å²) in [6.45, 7) is 4.63. The normalized spacial score (nSPS) is 22.6. The molecule has 0 radical (unpaired) electrons. The van der Waals surface area contributed by atoms with Crippen molar-refractivity contribution in [1.82, 2.24) is 9.62 Å². The minimum absolute atomic E-state index is 0.0417. The van der Waals surface area contributed by atoms with E-state index in [4.69, 9.17) is 0 Å². The van der Waals surface area contributed by atoms with Crippen LogP contribution in [0, 0.1) is 6.92 Å². The van der Waals surface area contributed by atoms with Gasteiger partial charge in [-0.15, -0.1) is 0 Å². The van der Waals surface area contributed by atoms with Crippen molar-refractivity contribution >= 4 is 10.0 Å². The Labute approximate surface area is 122 Å². The molecular weight excluding hydrogens is 272 g/mol. The molecule has 0 spiro atoms. The summed E-state index contributed by atoms with van der Waals surface area (Å²) in [5.41, 5.74) is 1.07. The summed E-state index contributed by atoms with van der Waals surface area (Å²) in [7, 11) is -1.50. The fraction of sp³-hybridized carbons (Fsp3) is 0.600. The number of rotatable bonds is 4. The zero-order chi connectivity index (χ0) is 14.8. The molecule has 0 saturated carbocycles. The number of piperidine rings is 1. The summed E-state index contributed by atoms with van der Waals surface area (Å²) >= 11 is 0. The van der Waals surface area contributed by atoms with Crippen LogP contribution in [0.5, 0.6) is 0 Å². The van der Waals surface area contributed by atoms with Gasteiger partial charge in [0, 0.05) is 18.6 Å². The highest BCUT2D eigenvalue weighted by molar-refractivity contribution is 7.89. The lowest BCUT2D eigenvalue weighted by molar-refractivity contribution is 0.213. The second kappa shape index (κ2) is 6.24. The van der Waals surface area contributed by atoms with Crippen molar-refractivity contribution in [2.24, 2.45) is 0 Å². The number of aryl methyl sites for hydroxylation is 1. The van der Waals surface area contributed by atoms with Gasteiger partial charge >= 0.3 is 0 Å². The van der Waals surface area contributed by atoms with Crippen LogP contribution < -0.4 is 5.32 Å². The topological polar surface area (TPSA) is 49.4 Å². The van der Waals surface area contributed by atoms with Crippen LogP contribution >= 0.6 is 0 Å². The van der Waals surface area contributed by atoms with Gasteiger partial charge in [0.25, 0.3) is 0 Å². The van der Waals surface area contributed by atoms with E-state index < -0.39 is 10.0 Å². The molecule has 1 N–H and O–H groups in total. The van der Waals surface area contributed by atoms with E-state index in [-0.39, 0.29) is 12.1 Å². The van der Waals surface area contributed by atoms with Crippen molar-refractivity contribution in [1.29, 1.82) is 0 Å². The monoisotopic (exact) mass is 296 g/mol. The Bertz CT molecular complexity index is 539. The van der Waals surface area contributed by atoms with Crippen molar-refractivity contribution in [3.63, 3.8) is 0 Å². The maximum absolute atomic E-state index is 12.8. The van der Waals surface area contributed by atoms with Gasteiger partial charge in [0.05, 0.1) is 4.90 Å². The van der Waals surface area contributed by atoms with E-state index >= 15 is 0 Å². The van der Waals surface area contributed by atoms with Crippen LogP contribution in [0.25, 0.3) is 0 Å². The van der Waals surface area contributed by atoms with Crippen LogP contribution in [0.15, 0.2) is 29.2 Å². The Morgan fingerprint density at radius 2 is 1.90 bits per heavy atom. The van der Waals surface area contributed by atoms with Crippen molar-refractivity contribution in [2.75, 3.05) is 13.6 Å². The summed E-state index contributed by atoms with van der Waals surface area (Å²) in [4.78, 5) is 0.401. The molecule has 2 atom stereocenters. The molecule has 20 heavy (non-hydrogen) atoms. The summed E-state index contributed by atoms with van der Waals surface area (Å²) in [6.07, 6.45) is 2.96. The summed E-state index contributed by atoms with van der Waals surface area (Å²) < 4.78 is 27.3. The summed E-state index contributed by atoms with van der Waals surface area (Å²) in [5, 5.41) is 3.19. The van der Waals surface area contributed by atoms with Crippen molar-refractivity contribution in [3.8, 4) is 0 Å². The smallest absolute Gasteiger partial charge is 0.243 e. The zero-order valence-corrected chi connectivity index (χ0v) is 13.3. The van der Waals surface area contributed by atoms with Gasteiger partial charge in [-0.2, -0.15) is 4.31 Å². The highest BCUT2D eigenvalue weighted by atomic mass is 32.2. The molecule has 5 heteroatoms. The number of hydrogen-bond donors (Lipinski definition) is 1. The predicted octanol–water partition coefficient (Wildman–Crippen LogP) is 2.15. The van der Waals surface area contributed by atoms with E-state index in [2.05, 4.69) is 5.32 Å². The third-order valence-corrected chi connectivity index (χ3v) is 6.10. The van der Waals surface area contributed by atoms with Crippen molar-refractivity contribution < 1.29 is 8.42 Å². The number of hydrogen-bond acceptors (Lipinski definition) is 3. The van der Waals surface area contributed by atoms with Crippen LogP contribution in [0.4, 0.5) is 0 Å². The summed E-state index contributed by atoms with van der Waals surface area (Å²) in [6, 6.07) is 7.33. The first kappa shape index (κ1) is 15.5. The van der Waals surface area contributed by atoms with Gasteiger partial charge in [0.2, 0.25) is 10.0 Å². The van der Waals surface area contributed by atoms with Crippen LogP contribution in [0.2, 0.25) is 0 Å². The number of benzene rings is 1. The lowest BCUT2D eigenvalue weighted by Gasteiger charge is -2.38. The maximum atomic E-state index is 12.8. The lowest BCUT2D eigenvalue weighted by atomic mass is 9.99. The molecule has 1 aromatic rings. The number of likely N-dealkylation sites (N-methyl/N-ethyl adjacent to an activating group) is 1. The Balaban J connectivity index is 2.33. The van der Waals surface area contributed by atoms with Gasteiger partial charge in [0.1, 0.15) is 0 Å². The van der Waals surface area contributed by atoms with Crippen LogP contribution in [0.1, 0.15) is 31.7 Å². The minimum atomic E-state index is -3.39. The quantitative estimate of drug-likeness (QED) is 0.926. The molecule has 0 aliphatic carbocycles. The molecule has 2 rings (SSSR count). The van der Waals surface area contributed by atoms with Crippen LogP contribution in [-0.2, 0) is 10.0 Å². The zero-order valence-electron chi connectivity index (χ0n) is 12.5. The first-order chi connectivity index (χ1) is 9.46. The Morgan fingerprint density at radius 3 is 2.50 bits per heavy atom. The average molecular weight is 296 g/mol. The number of nitrogens with one attached hydrogen (secondary N) is 1. The van der Waals surface area contributed by atoms with Gasteiger partial charge in [-0.25, -0.2) is 8.42 Å². The third kappa shape index (κ3) is 3.05. The fourth-order valence-corrected chi connectivity index (χ4v) is 4.53. The Kier molecular flexibility index (Phi) is 4.83. The summed E-state index contributed by atoms with van der Waals surface area (Å²) in [5.74, 6) is 0. The van der Waals surface area contributed by atoms with E-state index in [0.29, 0.717) is 11.4 Å². The largest absolute Gasteiger partial charge is 0.316 e. The third-order valence-electron chi connectivity index (χ3n) is 4.16. The highest BCUT2D eigenvalue weighted by Crippen LogP contribution is 2.27. The molecule has 2 unspecified atom stereocenters. The maximum Gasteiger partial charge on any atom is 0.243 e. The second-order valence-electron chi connectivity index (χ2n) is 5.57. The standard InChI is InChI=1S/C15H24N2O2S/c1-12-7-9-14(10-8-12)20(18,19)17-11-5-4-6-15(17)13(2)16-3/h7-10,13,15-16H,4-6,11H2,1-3H3. The Hall–Kier alpha value is -0.910. The van der Waals surface area contributed by atoms with E-state index in [1.807, 2.05) is 33.0 Å². The van der Waals surface area contributed by atoms with Crippen LogP contribution in [0.3, 0.4) is 0 Å². The van der Waals surface area contributed by atoms with Gasteiger partial charge < -0.3 is 5.32 Å². The van der Waals surface area contributed by atoms with Gasteiger partial charge in [-0.05, 0) is 45.9 Å². The molecule has 0 aromatic heterocycles. The minimum Gasteiger partial charge on any atom is -0.316 e. The highest BCUT2D eigenvalue weighted by Gasteiger charge is 2.35. The molecule has 1 saturated heterocycles. The van der Waals surface area contributed by atoms with Gasteiger partial charge in [-0.1, -0.05) is 24.1 Å². The first-order valence-electron chi connectivity index (χ1n) is 7.22.